The smallest absolute Gasteiger partial charge is 0.313 e. The zero-order valence-electron chi connectivity index (χ0n) is 19.8. The van der Waals surface area contributed by atoms with Gasteiger partial charge in [0.05, 0.1) is 18.1 Å². The molecule has 2 fully saturated rings. The highest BCUT2D eigenvalue weighted by molar-refractivity contribution is 5.99. The van der Waals surface area contributed by atoms with Crippen LogP contribution in [0.25, 0.3) is 0 Å². The van der Waals surface area contributed by atoms with Crippen LogP contribution in [0.4, 0.5) is 0 Å². The summed E-state index contributed by atoms with van der Waals surface area (Å²) in [6.07, 6.45) is 10.3. The first kappa shape index (κ1) is 24.0. The summed E-state index contributed by atoms with van der Waals surface area (Å²) in [6.45, 7) is 6.69. The molecule has 0 aromatic carbocycles. The Labute approximate surface area is 195 Å². The van der Waals surface area contributed by atoms with Gasteiger partial charge in [-0.25, -0.2) is 0 Å². The Hall–Kier alpha value is -2.19. The second-order valence-electron chi connectivity index (χ2n) is 9.90. The normalized spacial score (nSPS) is 37.1. The van der Waals surface area contributed by atoms with E-state index in [1.165, 1.54) is 0 Å². The fraction of sp³-hybridized carbons (Fsp3) is 0.720. The summed E-state index contributed by atoms with van der Waals surface area (Å²) in [6, 6.07) is -0.855. The van der Waals surface area contributed by atoms with Crippen molar-refractivity contribution in [2.24, 2.45) is 11.8 Å². The maximum absolute atomic E-state index is 13.9. The second-order valence-corrected chi connectivity index (χ2v) is 9.90. The number of allylic oxidation sites excluding steroid dienone is 1. The van der Waals surface area contributed by atoms with E-state index in [0.29, 0.717) is 32.4 Å². The first-order chi connectivity index (χ1) is 15.8. The Morgan fingerprint density at radius 3 is 2.67 bits per heavy atom. The number of cyclic esters (lactones) is 1. The number of amides is 2. The summed E-state index contributed by atoms with van der Waals surface area (Å²) in [5.74, 6) is -2.40. The summed E-state index contributed by atoms with van der Waals surface area (Å²) >= 11 is 0. The van der Waals surface area contributed by atoms with Crippen LogP contribution >= 0.6 is 0 Å². The van der Waals surface area contributed by atoms with E-state index in [2.05, 4.69) is 0 Å². The fourth-order valence-electron chi connectivity index (χ4n) is 5.74. The van der Waals surface area contributed by atoms with E-state index in [1.54, 1.807) is 9.80 Å². The van der Waals surface area contributed by atoms with E-state index in [0.717, 1.165) is 12.8 Å². The summed E-state index contributed by atoms with van der Waals surface area (Å²) in [4.78, 5) is 44.3. The Balaban J connectivity index is 1.76. The molecule has 182 valence electrons. The lowest BCUT2D eigenvalue weighted by Crippen LogP contribution is -2.56. The molecule has 0 bridgehead atoms. The average Bonchev–Trinajstić information content (AvgIpc) is 3.16. The maximum atomic E-state index is 13.9. The number of carbonyl (C=O) groups is 3. The zero-order chi connectivity index (χ0) is 23.8. The largest absolute Gasteiger partial charge is 0.462 e. The molecule has 4 rings (SSSR count). The highest BCUT2D eigenvalue weighted by Gasteiger charge is 2.71. The minimum Gasteiger partial charge on any atom is -0.462 e. The molecule has 2 amide bonds. The molecule has 6 atom stereocenters. The van der Waals surface area contributed by atoms with Crippen molar-refractivity contribution in [1.82, 2.24) is 9.80 Å². The van der Waals surface area contributed by atoms with E-state index in [4.69, 9.17) is 14.6 Å². The van der Waals surface area contributed by atoms with E-state index in [1.807, 2.05) is 45.1 Å². The zero-order valence-corrected chi connectivity index (χ0v) is 19.8. The maximum Gasteiger partial charge on any atom is 0.313 e. The van der Waals surface area contributed by atoms with E-state index in [9.17, 15) is 14.4 Å². The monoisotopic (exact) mass is 460 g/mol. The number of unbranched alkanes of at least 4 members (excludes halogenated alkanes) is 2. The quantitative estimate of drug-likeness (QED) is 0.369. The number of carbonyl (C=O) groups excluding carboxylic acids is 3. The molecule has 8 nitrogen and oxygen atoms in total. The lowest BCUT2D eigenvalue weighted by molar-refractivity contribution is -0.158. The van der Waals surface area contributed by atoms with Crippen molar-refractivity contribution in [2.45, 2.75) is 82.8 Å². The number of esters is 1. The van der Waals surface area contributed by atoms with Crippen molar-refractivity contribution in [3.63, 3.8) is 0 Å². The standard InChI is InChI=1S/C25H36N2O6/c1-16(2)26-14-9-12-25-20(19-18(33-25)11-6-5-10-17(3)32-24(19)31)22(29)27(21(25)23(26)30)13-7-4-8-15-28/h6,9,11-12,16-21,28H,4-5,7-8,10,13-15H2,1-3H3/b11-6-/t17?,18-,19?,20+,21-,25?/m1/s1. The molecule has 8 heteroatoms. The molecule has 33 heavy (non-hydrogen) atoms. The summed E-state index contributed by atoms with van der Waals surface area (Å²) in [5.41, 5.74) is -1.20. The van der Waals surface area contributed by atoms with Crippen LogP contribution in [0.15, 0.2) is 24.3 Å². The highest BCUT2D eigenvalue weighted by Crippen LogP contribution is 2.53. The molecule has 2 saturated heterocycles. The van der Waals surface area contributed by atoms with Crippen LogP contribution in [0.5, 0.6) is 0 Å². The van der Waals surface area contributed by atoms with E-state index < -0.39 is 35.6 Å². The van der Waals surface area contributed by atoms with Crippen molar-refractivity contribution >= 4 is 17.8 Å². The van der Waals surface area contributed by atoms with Crippen LogP contribution in [-0.2, 0) is 23.9 Å². The lowest BCUT2D eigenvalue weighted by Gasteiger charge is -2.36. The minimum absolute atomic E-state index is 0.0352. The van der Waals surface area contributed by atoms with E-state index >= 15 is 0 Å². The number of aliphatic hydroxyl groups excluding tert-OH is 1. The molecule has 1 spiro atoms. The molecular weight excluding hydrogens is 424 g/mol. The average molecular weight is 461 g/mol. The molecule has 3 unspecified atom stereocenters. The van der Waals surface area contributed by atoms with Crippen LogP contribution in [0.3, 0.4) is 0 Å². The Kier molecular flexibility index (Phi) is 6.96. The Morgan fingerprint density at radius 1 is 1.15 bits per heavy atom. The van der Waals surface area contributed by atoms with Crippen LogP contribution in [0.1, 0.15) is 52.9 Å². The van der Waals surface area contributed by atoms with Gasteiger partial charge in [-0.1, -0.05) is 24.3 Å². The first-order valence-electron chi connectivity index (χ1n) is 12.3. The fourth-order valence-corrected chi connectivity index (χ4v) is 5.74. The molecule has 1 N–H and O–H groups in total. The van der Waals surface area contributed by atoms with Crippen LogP contribution in [0, 0.1) is 11.8 Å². The molecule has 0 aromatic rings. The number of ether oxygens (including phenoxy) is 2. The predicted molar refractivity (Wildman–Crippen MR) is 121 cm³/mol. The van der Waals surface area contributed by atoms with Gasteiger partial charge < -0.3 is 24.4 Å². The molecule has 4 aliphatic heterocycles. The summed E-state index contributed by atoms with van der Waals surface area (Å²) < 4.78 is 12.3. The molecule has 4 heterocycles. The number of nitrogens with zero attached hydrogens (tertiary/aromatic N) is 2. The van der Waals surface area contributed by atoms with Crippen molar-refractivity contribution in [2.75, 3.05) is 19.7 Å². The SMILES string of the molecule is CC1CC/C=C\[C@H]2OC34C=CCN(C(C)C)C(=O)[C@H]3N(CCCCCO)C(=O)[C@@H]4C2C(=O)O1. The Morgan fingerprint density at radius 2 is 1.94 bits per heavy atom. The van der Waals surface area contributed by atoms with Gasteiger partial charge in [-0.3, -0.25) is 14.4 Å². The van der Waals surface area contributed by atoms with Crippen molar-refractivity contribution in [3.05, 3.63) is 24.3 Å². The van der Waals surface area contributed by atoms with Gasteiger partial charge in [0.15, 0.2) is 0 Å². The highest BCUT2D eigenvalue weighted by atomic mass is 16.6. The molecular formula is C25H36N2O6. The van der Waals surface area contributed by atoms with Gasteiger partial charge in [-0.2, -0.15) is 0 Å². The van der Waals surface area contributed by atoms with Crippen LogP contribution in [-0.4, -0.2) is 82.3 Å². The number of likely N-dealkylation sites (tertiary alicyclic amines) is 1. The van der Waals surface area contributed by atoms with Gasteiger partial charge in [-0.05, 0) is 52.9 Å². The number of rotatable bonds is 6. The van der Waals surface area contributed by atoms with Gasteiger partial charge in [0.2, 0.25) is 11.8 Å². The third-order valence-corrected chi connectivity index (χ3v) is 7.36. The lowest BCUT2D eigenvalue weighted by atomic mass is 9.78. The second kappa shape index (κ2) is 9.58. The van der Waals surface area contributed by atoms with Gasteiger partial charge in [0, 0.05) is 25.7 Å². The summed E-state index contributed by atoms with van der Waals surface area (Å²) in [5, 5.41) is 9.13. The number of aliphatic hydroxyl groups is 1. The van der Waals surface area contributed by atoms with Crippen LogP contribution < -0.4 is 0 Å². The first-order valence-corrected chi connectivity index (χ1v) is 12.3. The number of hydrogen-bond acceptors (Lipinski definition) is 6. The number of hydrogen-bond donors (Lipinski definition) is 1. The third-order valence-electron chi connectivity index (χ3n) is 7.36. The van der Waals surface area contributed by atoms with Crippen LogP contribution in [0.2, 0.25) is 0 Å². The Bertz CT molecular complexity index is 839. The molecule has 0 aliphatic carbocycles. The van der Waals surface area contributed by atoms with Gasteiger partial charge in [-0.15, -0.1) is 0 Å². The molecule has 0 saturated carbocycles. The molecule has 0 radical (unpaired) electrons. The number of fused-ring (bicyclic) bond motifs is 2. The molecule has 0 aromatic heterocycles. The predicted octanol–water partition coefficient (Wildman–Crippen LogP) is 1.82. The van der Waals surface area contributed by atoms with E-state index in [-0.39, 0.29) is 30.6 Å². The molecule has 4 aliphatic rings. The van der Waals surface area contributed by atoms with Gasteiger partial charge in [0.25, 0.3) is 0 Å². The third kappa shape index (κ3) is 4.12. The van der Waals surface area contributed by atoms with Crippen molar-refractivity contribution in [1.29, 1.82) is 0 Å². The van der Waals surface area contributed by atoms with Crippen molar-refractivity contribution in [3.8, 4) is 0 Å². The summed E-state index contributed by atoms with van der Waals surface area (Å²) in [7, 11) is 0. The van der Waals surface area contributed by atoms with Gasteiger partial charge in [0.1, 0.15) is 17.6 Å². The topological polar surface area (TPSA) is 96.4 Å². The minimum atomic E-state index is -1.20. The van der Waals surface area contributed by atoms with Gasteiger partial charge >= 0.3 is 5.97 Å². The van der Waals surface area contributed by atoms with Crippen molar-refractivity contribution < 1.29 is 29.0 Å².